The fourth-order valence-electron chi connectivity index (χ4n) is 2.77. The number of hydrogen-bond donors (Lipinski definition) is 1. The molecular weight excluding hydrogens is 224 g/mol. The molecule has 2 heterocycles. The Hall–Kier alpha value is -1.32. The van der Waals surface area contributed by atoms with E-state index in [4.69, 9.17) is 5.73 Å². The topological polar surface area (TPSA) is 55.0 Å². The van der Waals surface area contributed by atoms with Gasteiger partial charge in [-0.05, 0) is 25.2 Å². The second kappa shape index (κ2) is 6.03. The SMILES string of the molecule is CCCc1c(N)ncnc1N1CCCC(CC)C1. The van der Waals surface area contributed by atoms with Gasteiger partial charge in [0.15, 0.2) is 0 Å². The second-order valence-corrected chi connectivity index (χ2v) is 5.17. The van der Waals surface area contributed by atoms with E-state index in [0.29, 0.717) is 5.82 Å². The molecule has 2 N–H and O–H groups in total. The summed E-state index contributed by atoms with van der Waals surface area (Å²) in [6.07, 6.45) is 7.50. The van der Waals surface area contributed by atoms with E-state index in [2.05, 4.69) is 28.7 Å². The molecule has 4 heteroatoms. The predicted octanol–water partition coefficient (Wildman–Crippen LogP) is 2.64. The summed E-state index contributed by atoms with van der Waals surface area (Å²) in [4.78, 5) is 11.0. The smallest absolute Gasteiger partial charge is 0.137 e. The minimum atomic E-state index is 0.653. The van der Waals surface area contributed by atoms with Gasteiger partial charge in [0.2, 0.25) is 0 Å². The quantitative estimate of drug-likeness (QED) is 0.890. The highest BCUT2D eigenvalue weighted by Gasteiger charge is 2.22. The molecule has 2 rings (SSSR count). The van der Waals surface area contributed by atoms with Crippen LogP contribution in [0.2, 0.25) is 0 Å². The third kappa shape index (κ3) is 2.74. The fraction of sp³-hybridized carbons (Fsp3) is 0.714. The average Bonchev–Trinajstić information content (AvgIpc) is 2.41. The Morgan fingerprint density at radius 1 is 1.39 bits per heavy atom. The predicted molar refractivity (Wildman–Crippen MR) is 75.7 cm³/mol. The average molecular weight is 248 g/mol. The Labute approximate surface area is 110 Å². The monoisotopic (exact) mass is 248 g/mol. The third-order valence-electron chi connectivity index (χ3n) is 3.85. The molecular formula is C14H24N4. The number of aromatic nitrogens is 2. The van der Waals surface area contributed by atoms with E-state index in [1.54, 1.807) is 6.33 Å². The van der Waals surface area contributed by atoms with E-state index < -0.39 is 0 Å². The summed E-state index contributed by atoms with van der Waals surface area (Å²) >= 11 is 0. The lowest BCUT2D eigenvalue weighted by Crippen LogP contribution is -2.36. The number of nitrogen functional groups attached to an aromatic ring is 1. The van der Waals surface area contributed by atoms with Gasteiger partial charge < -0.3 is 10.6 Å². The van der Waals surface area contributed by atoms with Gasteiger partial charge in [-0.15, -0.1) is 0 Å². The van der Waals surface area contributed by atoms with E-state index in [-0.39, 0.29) is 0 Å². The summed E-state index contributed by atoms with van der Waals surface area (Å²) in [6, 6.07) is 0. The van der Waals surface area contributed by atoms with Crippen LogP contribution in [0.3, 0.4) is 0 Å². The Morgan fingerprint density at radius 2 is 2.22 bits per heavy atom. The van der Waals surface area contributed by atoms with Gasteiger partial charge in [0.25, 0.3) is 0 Å². The van der Waals surface area contributed by atoms with E-state index in [1.165, 1.54) is 19.3 Å². The van der Waals surface area contributed by atoms with Crippen molar-refractivity contribution in [2.24, 2.45) is 5.92 Å². The molecule has 4 nitrogen and oxygen atoms in total. The zero-order valence-electron chi connectivity index (χ0n) is 11.5. The Balaban J connectivity index is 2.23. The maximum atomic E-state index is 6.00. The lowest BCUT2D eigenvalue weighted by molar-refractivity contribution is 0.402. The summed E-state index contributed by atoms with van der Waals surface area (Å²) in [5, 5.41) is 0. The third-order valence-corrected chi connectivity index (χ3v) is 3.85. The molecule has 0 amide bonds. The molecule has 0 aromatic carbocycles. The summed E-state index contributed by atoms with van der Waals surface area (Å²) in [7, 11) is 0. The zero-order chi connectivity index (χ0) is 13.0. The van der Waals surface area contributed by atoms with Crippen LogP contribution in [0.4, 0.5) is 11.6 Å². The Kier molecular flexibility index (Phi) is 4.39. The molecule has 18 heavy (non-hydrogen) atoms. The highest BCUT2D eigenvalue weighted by atomic mass is 15.2. The van der Waals surface area contributed by atoms with Crippen molar-refractivity contribution in [2.75, 3.05) is 23.7 Å². The van der Waals surface area contributed by atoms with Gasteiger partial charge in [-0.1, -0.05) is 26.7 Å². The lowest BCUT2D eigenvalue weighted by Gasteiger charge is -2.34. The van der Waals surface area contributed by atoms with Crippen molar-refractivity contribution in [3.8, 4) is 0 Å². The summed E-state index contributed by atoms with van der Waals surface area (Å²) in [5.41, 5.74) is 7.14. The van der Waals surface area contributed by atoms with E-state index >= 15 is 0 Å². The van der Waals surface area contributed by atoms with Crippen LogP contribution >= 0.6 is 0 Å². The van der Waals surface area contributed by atoms with Crippen LogP contribution in [0.15, 0.2) is 6.33 Å². The van der Waals surface area contributed by atoms with E-state index in [0.717, 1.165) is 43.2 Å². The molecule has 0 radical (unpaired) electrons. The maximum absolute atomic E-state index is 6.00. The van der Waals surface area contributed by atoms with Crippen LogP contribution in [0.1, 0.15) is 45.1 Å². The van der Waals surface area contributed by atoms with Crippen molar-refractivity contribution in [2.45, 2.75) is 46.0 Å². The lowest BCUT2D eigenvalue weighted by atomic mass is 9.95. The molecule has 1 aromatic rings. The number of hydrogen-bond acceptors (Lipinski definition) is 4. The largest absolute Gasteiger partial charge is 0.383 e. The van der Waals surface area contributed by atoms with Gasteiger partial charge >= 0.3 is 0 Å². The normalized spacial score (nSPS) is 20.1. The van der Waals surface area contributed by atoms with Crippen LogP contribution in [-0.4, -0.2) is 23.1 Å². The van der Waals surface area contributed by atoms with E-state index in [1.807, 2.05) is 0 Å². The first-order valence-corrected chi connectivity index (χ1v) is 7.10. The standard InChI is InChI=1S/C14H24N4/c1-3-6-12-13(15)16-10-17-14(12)18-8-5-7-11(4-2)9-18/h10-11H,3-9H2,1-2H3,(H2,15,16,17). The minimum Gasteiger partial charge on any atom is -0.383 e. The van der Waals surface area contributed by atoms with Crippen molar-refractivity contribution in [1.29, 1.82) is 0 Å². The van der Waals surface area contributed by atoms with Gasteiger partial charge in [0, 0.05) is 18.7 Å². The molecule has 100 valence electrons. The molecule has 1 atom stereocenters. The first-order chi connectivity index (χ1) is 8.76. The minimum absolute atomic E-state index is 0.653. The first-order valence-electron chi connectivity index (χ1n) is 7.10. The van der Waals surface area contributed by atoms with E-state index in [9.17, 15) is 0 Å². The molecule has 1 aliphatic heterocycles. The van der Waals surface area contributed by atoms with Crippen LogP contribution < -0.4 is 10.6 Å². The highest BCUT2D eigenvalue weighted by molar-refractivity contribution is 5.56. The van der Waals surface area contributed by atoms with Crippen molar-refractivity contribution < 1.29 is 0 Å². The molecule has 1 aromatic heterocycles. The summed E-state index contributed by atoms with van der Waals surface area (Å²) in [5.74, 6) is 2.52. The molecule has 0 aliphatic carbocycles. The highest BCUT2D eigenvalue weighted by Crippen LogP contribution is 2.28. The summed E-state index contributed by atoms with van der Waals surface area (Å²) < 4.78 is 0. The molecule has 1 fully saturated rings. The van der Waals surface area contributed by atoms with Crippen molar-refractivity contribution in [3.05, 3.63) is 11.9 Å². The number of nitrogens with two attached hydrogens (primary N) is 1. The fourth-order valence-corrected chi connectivity index (χ4v) is 2.77. The summed E-state index contributed by atoms with van der Waals surface area (Å²) in [6.45, 7) is 6.66. The molecule has 0 bridgehead atoms. The molecule has 0 spiro atoms. The number of nitrogens with zero attached hydrogens (tertiary/aromatic N) is 3. The zero-order valence-corrected chi connectivity index (χ0v) is 11.5. The molecule has 0 saturated carbocycles. The number of anilines is 2. The molecule has 1 unspecified atom stereocenters. The van der Waals surface area contributed by atoms with Crippen LogP contribution in [0.25, 0.3) is 0 Å². The van der Waals surface area contributed by atoms with Crippen molar-refractivity contribution >= 4 is 11.6 Å². The maximum Gasteiger partial charge on any atom is 0.137 e. The second-order valence-electron chi connectivity index (χ2n) is 5.17. The van der Waals surface area contributed by atoms with Crippen LogP contribution in [0, 0.1) is 5.92 Å². The molecule has 1 aliphatic rings. The van der Waals surface area contributed by atoms with Crippen molar-refractivity contribution in [1.82, 2.24) is 9.97 Å². The van der Waals surface area contributed by atoms with Gasteiger partial charge in [-0.25, -0.2) is 9.97 Å². The van der Waals surface area contributed by atoms with Crippen molar-refractivity contribution in [3.63, 3.8) is 0 Å². The van der Waals surface area contributed by atoms with Gasteiger partial charge in [0.05, 0.1) is 0 Å². The van der Waals surface area contributed by atoms with Gasteiger partial charge in [-0.3, -0.25) is 0 Å². The number of piperidine rings is 1. The van der Waals surface area contributed by atoms with Crippen LogP contribution in [0.5, 0.6) is 0 Å². The van der Waals surface area contributed by atoms with Crippen LogP contribution in [-0.2, 0) is 6.42 Å². The molecule has 1 saturated heterocycles. The Morgan fingerprint density at radius 3 is 2.94 bits per heavy atom. The Bertz CT molecular complexity index is 391. The number of rotatable bonds is 4. The first kappa shape index (κ1) is 13.1. The van der Waals surface area contributed by atoms with Gasteiger partial charge in [-0.2, -0.15) is 0 Å². The van der Waals surface area contributed by atoms with Gasteiger partial charge in [0.1, 0.15) is 18.0 Å².